The number of aliphatic hydroxyl groups is 1. The normalized spacial score (nSPS) is 12.5. The van der Waals surface area contributed by atoms with Crippen LogP contribution in [0.3, 0.4) is 0 Å². The summed E-state index contributed by atoms with van der Waals surface area (Å²) in [5.74, 6) is 0. The molecule has 0 aromatic carbocycles. The van der Waals surface area contributed by atoms with Gasteiger partial charge in [0.25, 0.3) is 5.56 Å². The number of hydrogen-bond acceptors (Lipinski definition) is 5. The maximum Gasteiger partial charge on any atom is 0.287 e. The highest BCUT2D eigenvalue weighted by Gasteiger charge is 2.11. The van der Waals surface area contributed by atoms with E-state index in [4.69, 9.17) is 22.4 Å². The Morgan fingerprint density at radius 1 is 1.71 bits per heavy atom. The first-order valence-electron chi connectivity index (χ1n) is 5.47. The molecule has 1 heterocycles. The zero-order valence-electron chi connectivity index (χ0n) is 9.69. The molecule has 0 saturated heterocycles. The van der Waals surface area contributed by atoms with Gasteiger partial charge in [0.2, 0.25) is 0 Å². The van der Waals surface area contributed by atoms with E-state index in [-0.39, 0.29) is 24.2 Å². The largest absolute Gasteiger partial charge is 0.394 e. The number of halogens is 1. The van der Waals surface area contributed by atoms with Gasteiger partial charge in [0.05, 0.1) is 25.0 Å². The van der Waals surface area contributed by atoms with Gasteiger partial charge in [-0.2, -0.15) is 5.10 Å². The zero-order valence-corrected chi connectivity index (χ0v) is 10.4. The van der Waals surface area contributed by atoms with Crippen LogP contribution in [0, 0.1) is 0 Å². The summed E-state index contributed by atoms with van der Waals surface area (Å²) in [5, 5.41) is 15.8. The fourth-order valence-electron chi connectivity index (χ4n) is 1.37. The molecule has 17 heavy (non-hydrogen) atoms. The molecular formula is C10H17ClN4O2. The molecule has 1 aromatic rings. The highest BCUT2D eigenvalue weighted by atomic mass is 35.5. The summed E-state index contributed by atoms with van der Waals surface area (Å²) in [6.45, 7) is 2.41. The van der Waals surface area contributed by atoms with Crippen molar-refractivity contribution in [3.63, 3.8) is 0 Å². The van der Waals surface area contributed by atoms with E-state index in [0.717, 1.165) is 11.1 Å². The van der Waals surface area contributed by atoms with Gasteiger partial charge in [0.1, 0.15) is 5.02 Å². The minimum absolute atomic E-state index is 0.0578. The van der Waals surface area contributed by atoms with Crippen LogP contribution in [0.1, 0.15) is 13.3 Å². The fourth-order valence-corrected chi connectivity index (χ4v) is 1.57. The summed E-state index contributed by atoms with van der Waals surface area (Å²) in [6, 6.07) is 0.0578. The number of aromatic nitrogens is 2. The van der Waals surface area contributed by atoms with E-state index in [1.54, 1.807) is 0 Å². The van der Waals surface area contributed by atoms with Crippen molar-refractivity contribution in [1.29, 1.82) is 0 Å². The van der Waals surface area contributed by atoms with E-state index in [9.17, 15) is 4.79 Å². The van der Waals surface area contributed by atoms with Gasteiger partial charge in [0, 0.05) is 12.6 Å². The first-order valence-corrected chi connectivity index (χ1v) is 5.84. The highest BCUT2D eigenvalue weighted by molar-refractivity contribution is 6.32. The molecule has 1 aromatic heterocycles. The number of anilines is 1. The standard InChI is InChI=1S/C10H17ClN4O2/c1-2-7(5-12)14-8-6-13-15(3-4-16)10(17)9(8)11/h6-7,14,16H,2-5,12H2,1H3. The van der Waals surface area contributed by atoms with Crippen molar-refractivity contribution < 1.29 is 5.11 Å². The maximum absolute atomic E-state index is 11.7. The summed E-state index contributed by atoms with van der Waals surface area (Å²) in [7, 11) is 0. The van der Waals surface area contributed by atoms with Crippen LogP contribution in [0.25, 0.3) is 0 Å². The molecule has 6 nitrogen and oxygen atoms in total. The number of hydrogen-bond donors (Lipinski definition) is 3. The molecule has 0 aliphatic rings. The van der Waals surface area contributed by atoms with Gasteiger partial charge in [-0.1, -0.05) is 18.5 Å². The van der Waals surface area contributed by atoms with Crippen molar-refractivity contribution in [2.45, 2.75) is 25.9 Å². The van der Waals surface area contributed by atoms with Crippen molar-refractivity contribution in [3.05, 3.63) is 21.6 Å². The molecule has 4 N–H and O–H groups in total. The molecule has 0 aliphatic carbocycles. The fraction of sp³-hybridized carbons (Fsp3) is 0.600. The third-order valence-electron chi connectivity index (χ3n) is 2.43. The van der Waals surface area contributed by atoms with Crippen LogP contribution in [-0.4, -0.2) is 34.1 Å². The second-order valence-corrected chi connectivity index (χ2v) is 3.99. The van der Waals surface area contributed by atoms with Crippen LogP contribution in [0.15, 0.2) is 11.0 Å². The molecular weight excluding hydrogens is 244 g/mol. The minimum atomic E-state index is -0.419. The van der Waals surface area contributed by atoms with Gasteiger partial charge in [-0.15, -0.1) is 0 Å². The molecule has 0 radical (unpaired) electrons. The van der Waals surface area contributed by atoms with Gasteiger partial charge in [-0.3, -0.25) is 4.79 Å². The average Bonchev–Trinajstić information content (AvgIpc) is 2.34. The van der Waals surface area contributed by atoms with Gasteiger partial charge in [-0.05, 0) is 6.42 Å². The molecule has 0 fully saturated rings. The molecule has 1 unspecified atom stereocenters. The van der Waals surface area contributed by atoms with Crippen LogP contribution >= 0.6 is 11.6 Å². The Kier molecular flexibility index (Phi) is 5.40. The third kappa shape index (κ3) is 3.42. The molecule has 0 spiro atoms. The molecule has 0 saturated carbocycles. The van der Waals surface area contributed by atoms with E-state index < -0.39 is 5.56 Å². The van der Waals surface area contributed by atoms with Gasteiger partial charge < -0.3 is 16.2 Å². The number of nitrogens with two attached hydrogens (primary N) is 1. The Labute approximate surface area is 104 Å². The van der Waals surface area contributed by atoms with E-state index in [1.807, 2.05) is 6.92 Å². The van der Waals surface area contributed by atoms with E-state index in [2.05, 4.69) is 10.4 Å². The summed E-state index contributed by atoms with van der Waals surface area (Å²) in [4.78, 5) is 11.7. The van der Waals surface area contributed by atoms with Crippen LogP contribution in [0.4, 0.5) is 5.69 Å². The molecule has 0 aliphatic heterocycles. The van der Waals surface area contributed by atoms with Crippen LogP contribution in [0.2, 0.25) is 5.02 Å². The second-order valence-electron chi connectivity index (χ2n) is 3.61. The first kappa shape index (κ1) is 14.0. The summed E-state index contributed by atoms with van der Waals surface area (Å²) in [5.41, 5.74) is 5.61. The number of nitrogens with zero attached hydrogens (tertiary/aromatic N) is 2. The molecule has 1 rings (SSSR count). The molecule has 7 heteroatoms. The maximum atomic E-state index is 11.7. The van der Waals surface area contributed by atoms with Crippen LogP contribution in [0.5, 0.6) is 0 Å². The van der Waals surface area contributed by atoms with Gasteiger partial charge in [0.15, 0.2) is 0 Å². The van der Waals surface area contributed by atoms with E-state index in [1.165, 1.54) is 6.20 Å². The van der Waals surface area contributed by atoms with Crippen molar-refractivity contribution in [3.8, 4) is 0 Å². The number of rotatable bonds is 6. The minimum Gasteiger partial charge on any atom is -0.394 e. The lowest BCUT2D eigenvalue weighted by molar-refractivity contribution is 0.266. The predicted octanol–water partition coefficient (Wildman–Crippen LogP) is 0.0382. The Hall–Kier alpha value is -1.11. The monoisotopic (exact) mass is 260 g/mol. The summed E-state index contributed by atoms with van der Waals surface area (Å²) < 4.78 is 1.12. The van der Waals surface area contributed by atoms with Crippen molar-refractivity contribution in [1.82, 2.24) is 9.78 Å². The zero-order chi connectivity index (χ0) is 12.8. The first-order chi connectivity index (χ1) is 8.13. The smallest absolute Gasteiger partial charge is 0.287 e. The molecule has 0 bridgehead atoms. The molecule has 1 atom stereocenters. The van der Waals surface area contributed by atoms with E-state index >= 15 is 0 Å². The van der Waals surface area contributed by atoms with Crippen LogP contribution in [-0.2, 0) is 6.54 Å². The Morgan fingerprint density at radius 3 is 2.94 bits per heavy atom. The SMILES string of the molecule is CCC(CN)Nc1cnn(CCO)c(=O)c1Cl. The lowest BCUT2D eigenvalue weighted by Gasteiger charge is -2.16. The Bertz CT molecular complexity index is 417. The molecule has 0 amide bonds. The van der Waals surface area contributed by atoms with Crippen LogP contribution < -0.4 is 16.6 Å². The predicted molar refractivity (Wildman–Crippen MR) is 67.3 cm³/mol. The van der Waals surface area contributed by atoms with Crippen molar-refractivity contribution in [2.24, 2.45) is 5.73 Å². The lowest BCUT2D eigenvalue weighted by Crippen LogP contribution is -2.31. The number of aliphatic hydroxyl groups excluding tert-OH is 1. The second kappa shape index (κ2) is 6.58. The quantitative estimate of drug-likeness (QED) is 0.671. The topological polar surface area (TPSA) is 93.2 Å². The Morgan fingerprint density at radius 2 is 2.41 bits per heavy atom. The van der Waals surface area contributed by atoms with Crippen molar-refractivity contribution >= 4 is 17.3 Å². The Balaban J connectivity index is 2.96. The van der Waals surface area contributed by atoms with Crippen molar-refractivity contribution in [2.75, 3.05) is 18.5 Å². The highest BCUT2D eigenvalue weighted by Crippen LogP contribution is 2.16. The third-order valence-corrected chi connectivity index (χ3v) is 2.80. The van der Waals surface area contributed by atoms with Gasteiger partial charge >= 0.3 is 0 Å². The summed E-state index contributed by atoms with van der Waals surface area (Å²) >= 11 is 5.93. The average molecular weight is 261 g/mol. The lowest BCUT2D eigenvalue weighted by atomic mass is 10.2. The van der Waals surface area contributed by atoms with Gasteiger partial charge in [-0.25, -0.2) is 4.68 Å². The van der Waals surface area contributed by atoms with E-state index in [0.29, 0.717) is 12.2 Å². The number of nitrogens with one attached hydrogen (secondary N) is 1. The molecule has 96 valence electrons. The summed E-state index contributed by atoms with van der Waals surface area (Å²) in [6.07, 6.45) is 2.30.